The number of amides is 3. The first-order chi connectivity index (χ1) is 29.2. The molecule has 3 amide bonds. The second-order valence-corrected chi connectivity index (χ2v) is 16.3. The number of carbonyl (C=O) groups is 3. The van der Waals surface area contributed by atoms with Gasteiger partial charge < -0.3 is 20.0 Å². The van der Waals surface area contributed by atoms with Gasteiger partial charge in [0.25, 0.3) is 5.91 Å². The summed E-state index contributed by atoms with van der Waals surface area (Å²) in [6.07, 6.45) is 4.23. The SMILES string of the molecule is O=C(c1cccc(F)c1F)N1CCC2(CC1)N[C@@H](Cc1ccccc1)C(=O)N2Cc1ccccc1.O=C1[C@H](Cc2ccccc2)NC2(CCNCC2)N1Cc1ccccc1. The summed E-state index contributed by atoms with van der Waals surface area (Å²) in [6, 6.07) is 43.5. The van der Waals surface area contributed by atoms with Crippen molar-refractivity contribution in [1.29, 1.82) is 0 Å². The van der Waals surface area contributed by atoms with Crippen molar-refractivity contribution < 1.29 is 23.2 Å². The number of carbonyl (C=O) groups excluding carboxylic acids is 3. The Labute approximate surface area is 350 Å². The van der Waals surface area contributed by atoms with Gasteiger partial charge in [-0.2, -0.15) is 0 Å². The van der Waals surface area contributed by atoms with Crippen molar-refractivity contribution in [3.05, 3.63) is 179 Å². The Morgan fingerprint density at radius 2 is 0.967 bits per heavy atom. The van der Waals surface area contributed by atoms with Crippen LogP contribution in [0.1, 0.15) is 58.3 Å². The molecule has 2 spiro atoms. The Balaban J connectivity index is 0.000000176. The van der Waals surface area contributed by atoms with Crippen LogP contribution in [0.15, 0.2) is 140 Å². The van der Waals surface area contributed by atoms with Gasteiger partial charge in [0, 0.05) is 39.0 Å². The van der Waals surface area contributed by atoms with Crippen molar-refractivity contribution >= 4 is 17.7 Å². The third kappa shape index (κ3) is 8.89. The minimum atomic E-state index is -1.12. The number of hydrogen-bond donors (Lipinski definition) is 3. The van der Waals surface area contributed by atoms with Gasteiger partial charge in [0.05, 0.1) is 29.0 Å². The maximum Gasteiger partial charge on any atom is 0.256 e. The van der Waals surface area contributed by atoms with Crippen LogP contribution in [0.4, 0.5) is 8.78 Å². The molecule has 5 aromatic rings. The Morgan fingerprint density at radius 3 is 1.42 bits per heavy atom. The molecule has 9 nitrogen and oxygen atoms in total. The molecule has 310 valence electrons. The Morgan fingerprint density at radius 1 is 0.550 bits per heavy atom. The van der Waals surface area contributed by atoms with E-state index >= 15 is 0 Å². The maximum absolute atomic E-state index is 14.2. The molecule has 4 fully saturated rings. The second-order valence-electron chi connectivity index (χ2n) is 16.3. The molecule has 5 aromatic carbocycles. The number of nitrogens with one attached hydrogen (secondary N) is 3. The van der Waals surface area contributed by atoms with Crippen LogP contribution in [-0.4, -0.2) is 82.0 Å². The molecule has 4 saturated heterocycles. The van der Waals surface area contributed by atoms with Crippen molar-refractivity contribution in [1.82, 2.24) is 30.7 Å². The summed E-state index contributed by atoms with van der Waals surface area (Å²) in [5.41, 5.74) is 3.42. The van der Waals surface area contributed by atoms with E-state index in [9.17, 15) is 23.2 Å². The molecular formula is C49H52F2N6O3. The fourth-order valence-corrected chi connectivity index (χ4v) is 9.28. The maximum atomic E-state index is 14.2. The van der Waals surface area contributed by atoms with Crippen molar-refractivity contribution in [2.75, 3.05) is 26.2 Å². The number of piperidine rings is 2. The van der Waals surface area contributed by atoms with E-state index in [2.05, 4.69) is 45.1 Å². The van der Waals surface area contributed by atoms with Crippen LogP contribution in [0.2, 0.25) is 0 Å². The Kier molecular flexibility index (Phi) is 12.5. The quantitative estimate of drug-likeness (QED) is 0.159. The van der Waals surface area contributed by atoms with Crippen molar-refractivity contribution in [3.8, 4) is 0 Å². The average Bonchev–Trinajstić information content (AvgIpc) is 3.66. The largest absolute Gasteiger partial charge is 0.338 e. The van der Waals surface area contributed by atoms with E-state index in [1.165, 1.54) is 23.3 Å². The molecule has 4 heterocycles. The van der Waals surface area contributed by atoms with Crippen LogP contribution in [0.25, 0.3) is 0 Å². The van der Waals surface area contributed by atoms with E-state index in [0.29, 0.717) is 45.4 Å². The van der Waals surface area contributed by atoms with Gasteiger partial charge in [-0.3, -0.25) is 25.0 Å². The van der Waals surface area contributed by atoms with Crippen LogP contribution in [-0.2, 0) is 35.5 Å². The van der Waals surface area contributed by atoms with Crippen LogP contribution < -0.4 is 16.0 Å². The zero-order valence-corrected chi connectivity index (χ0v) is 33.7. The lowest BCUT2D eigenvalue weighted by molar-refractivity contribution is -0.134. The molecule has 0 radical (unpaired) electrons. The summed E-state index contributed by atoms with van der Waals surface area (Å²) in [4.78, 5) is 45.3. The molecular weight excluding hydrogens is 759 g/mol. The van der Waals surface area contributed by atoms with Gasteiger partial charge in [-0.1, -0.05) is 127 Å². The van der Waals surface area contributed by atoms with Crippen LogP contribution in [0.5, 0.6) is 0 Å². The standard InChI is InChI=1S/C28H27F2N3O2.C21H25N3O/c29-23-13-7-12-22(25(23)30)26(34)32-16-14-28(15-17-32)31-24(18-20-8-3-1-4-9-20)27(35)33(28)19-21-10-5-2-6-11-21;25-20-19(15-17-7-3-1-4-8-17)23-21(11-13-22-14-12-21)24(20)16-18-9-5-2-6-10-18/h1-13,24,31H,14-19H2;1-10,19,22-23H,11-16H2/t24-;19-/m00/s1. The highest BCUT2D eigenvalue weighted by atomic mass is 19.2. The third-order valence-corrected chi connectivity index (χ3v) is 12.5. The zero-order chi connectivity index (χ0) is 41.5. The molecule has 0 unspecified atom stereocenters. The van der Waals surface area contributed by atoms with Gasteiger partial charge >= 0.3 is 0 Å². The number of hydrogen-bond acceptors (Lipinski definition) is 6. The average molecular weight is 811 g/mol. The van der Waals surface area contributed by atoms with Crippen molar-refractivity contribution in [2.45, 2.75) is 75.0 Å². The molecule has 4 aliphatic heterocycles. The summed E-state index contributed by atoms with van der Waals surface area (Å²) in [6.45, 7) is 3.70. The predicted molar refractivity (Wildman–Crippen MR) is 227 cm³/mol. The number of likely N-dealkylation sites (tertiary alicyclic amines) is 1. The monoisotopic (exact) mass is 810 g/mol. The highest BCUT2D eigenvalue weighted by molar-refractivity contribution is 5.94. The summed E-state index contributed by atoms with van der Waals surface area (Å²) in [5.74, 6) is -2.43. The summed E-state index contributed by atoms with van der Waals surface area (Å²) >= 11 is 0. The molecule has 11 heteroatoms. The second kappa shape index (κ2) is 18.3. The van der Waals surface area contributed by atoms with Gasteiger partial charge in [0.15, 0.2) is 11.6 Å². The lowest BCUT2D eigenvalue weighted by Crippen LogP contribution is -2.59. The third-order valence-electron chi connectivity index (χ3n) is 12.5. The minimum Gasteiger partial charge on any atom is -0.338 e. The van der Waals surface area contributed by atoms with E-state index in [0.717, 1.165) is 49.5 Å². The first-order valence-electron chi connectivity index (χ1n) is 21.0. The molecule has 0 aliphatic carbocycles. The summed E-state index contributed by atoms with van der Waals surface area (Å²) < 4.78 is 27.9. The lowest BCUT2D eigenvalue weighted by atomic mass is 9.94. The minimum absolute atomic E-state index is 0.0358. The molecule has 0 saturated carbocycles. The lowest BCUT2D eigenvalue weighted by Gasteiger charge is -2.44. The highest BCUT2D eigenvalue weighted by Gasteiger charge is 2.52. The first kappa shape index (κ1) is 41.0. The zero-order valence-electron chi connectivity index (χ0n) is 33.7. The van der Waals surface area contributed by atoms with E-state index < -0.39 is 23.2 Å². The van der Waals surface area contributed by atoms with Gasteiger partial charge in [0.1, 0.15) is 0 Å². The number of halogens is 2. The summed E-state index contributed by atoms with van der Waals surface area (Å²) in [5, 5.41) is 10.7. The van der Waals surface area contributed by atoms with E-state index in [4.69, 9.17) is 0 Å². The molecule has 4 aliphatic rings. The molecule has 2 atom stereocenters. The van der Waals surface area contributed by atoms with E-state index in [-0.39, 0.29) is 35.1 Å². The smallest absolute Gasteiger partial charge is 0.256 e. The fourth-order valence-electron chi connectivity index (χ4n) is 9.28. The van der Waals surface area contributed by atoms with Crippen molar-refractivity contribution in [2.24, 2.45) is 0 Å². The van der Waals surface area contributed by atoms with Crippen LogP contribution >= 0.6 is 0 Å². The normalized spacial score (nSPS) is 20.7. The van der Waals surface area contributed by atoms with E-state index in [1.54, 1.807) is 4.90 Å². The number of benzene rings is 5. The van der Waals surface area contributed by atoms with Gasteiger partial charge in [0.2, 0.25) is 11.8 Å². The number of rotatable bonds is 9. The molecule has 60 heavy (non-hydrogen) atoms. The van der Waals surface area contributed by atoms with Gasteiger partial charge in [-0.15, -0.1) is 0 Å². The first-order valence-corrected chi connectivity index (χ1v) is 21.0. The molecule has 3 N–H and O–H groups in total. The fraction of sp³-hybridized carbons (Fsp3) is 0.327. The molecule has 0 aromatic heterocycles. The van der Waals surface area contributed by atoms with Crippen LogP contribution in [0, 0.1) is 11.6 Å². The Hall–Kier alpha value is -5.75. The van der Waals surface area contributed by atoms with Gasteiger partial charge in [-0.05, 0) is 73.2 Å². The highest BCUT2D eigenvalue weighted by Crippen LogP contribution is 2.36. The molecule has 0 bridgehead atoms. The van der Waals surface area contributed by atoms with Gasteiger partial charge in [-0.25, -0.2) is 8.78 Å². The van der Waals surface area contributed by atoms with Crippen LogP contribution in [0.3, 0.4) is 0 Å². The summed E-state index contributed by atoms with van der Waals surface area (Å²) in [7, 11) is 0. The predicted octanol–water partition coefficient (Wildman–Crippen LogP) is 6.45. The van der Waals surface area contributed by atoms with E-state index in [1.807, 2.05) is 102 Å². The Bertz CT molecular complexity index is 2230. The van der Waals surface area contributed by atoms with Crippen molar-refractivity contribution in [3.63, 3.8) is 0 Å². The molecule has 9 rings (SSSR count). The topological polar surface area (TPSA) is 97.0 Å². The number of nitrogens with zero attached hydrogens (tertiary/aromatic N) is 3.